The van der Waals surface area contributed by atoms with E-state index in [4.69, 9.17) is 9.47 Å². The summed E-state index contributed by atoms with van der Waals surface area (Å²) in [5.74, 6) is 3.56. The minimum Gasteiger partial charge on any atom is -0.392 e. The lowest BCUT2D eigenvalue weighted by Crippen LogP contribution is -2.54. The van der Waals surface area contributed by atoms with Crippen LogP contribution in [0.5, 0.6) is 0 Å². The monoisotopic (exact) mass is 386 g/mol. The van der Waals surface area contributed by atoms with Crippen molar-refractivity contribution in [3.05, 3.63) is 23.8 Å². The van der Waals surface area contributed by atoms with Crippen LogP contribution in [0.15, 0.2) is 23.8 Å². The lowest BCUT2D eigenvalue weighted by molar-refractivity contribution is -0.178. The second-order valence-corrected chi connectivity index (χ2v) is 10.7. The van der Waals surface area contributed by atoms with E-state index in [1.165, 1.54) is 19.3 Å². The van der Waals surface area contributed by atoms with Gasteiger partial charge in [-0.2, -0.15) is 0 Å². The maximum Gasteiger partial charge on any atom is 0.172 e. The molecule has 5 aliphatic carbocycles. The van der Waals surface area contributed by atoms with E-state index < -0.39 is 5.60 Å². The Morgan fingerprint density at radius 1 is 1.14 bits per heavy atom. The zero-order valence-electron chi connectivity index (χ0n) is 17.0. The molecule has 0 aromatic rings. The Morgan fingerprint density at radius 3 is 2.75 bits per heavy atom. The van der Waals surface area contributed by atoms with Gasteiger partial charge in [0, 0.05) is 18.3 Å². The number of rotatable bonds is 2. The summed E-state index contributed by atoms with van der Waals surface area (Å²) >= 11 is 0. The lowest BCUT2D eigenvalue weighted by atomic mass is 9.49. The van der Waals surface area contributed by atoms with Crippen LogP contribution >= 0.6 is 0 Å². The predicted octanol–water partition coefficient (Wildman–Crippen LogP) is 3.44. The van der Waals surface area contributed by atoms with Crippen molar-refractivity contribution in [1.29, 1.82) is 0 Å². The van der Waals surface area contributed by atoms with E-state index in [0.717, 1.165) is 44.8 Å². The third-order valence-electron chi connectivity index (χ3n) is 9.77. The number of ether oxygens (including phenoxy) is 2. The summed E-state index contributed by atoms with van der Waals surface area (Å²) in [4.78, 5) is 0. The molecule has 0 unspecified atom stereocenters. The standard InChI is InChI=1S/C24H34O4/c1-22-8-5-17-16-6-9-23(27-11-12-28-23)14-15(16)3-4-18(17)21(22)19-13-20(19)24(22,26)7-2-10-25/h2-3,7,16-21,25-26H,4-6,8-14H2,1H3/b7-2-/t16-,17+,18+,19-,20+,21+,22-,24-/m0/s1. The van der Waals surface area contributed by atoms with Crippen LogP contribution in [-0.4, -0.2) is 41.4 Å². The molecule has 0 radical (unpaired) electrons. The summed E-state index contributed by atoms with van der Waals surface area (Å²) < 4.78 is 12.0. The lowest BCUT2D eigenvalue weighted by Gasteiger charge is -2.57. The van der Waals surface area contributed by atoms with Crippen molar-refractivity contribution >= 4 is 0 Å². The summed E-state index contributed by atoms with van der Waals surface area (Å²) in [5, 5.41) is 21.0. The van der Waals surface area contributed by atoms with Gasteiger partial charge in [0.05, 0.1) is 25.4 Å². The predicted molar refractivity (Wildman–Crippen MR) is 105 cm³/mol. The van der Waals surface area contributed by atoms with Gasteiger partial charge in [-0.15, -0.1) is 0 Å². The molecule has 1 aliphatic heterocycles. The quantitative estimate of drug-likeness (QED) is 0.714. The molecular weight excluding hydrogens is 352 g/mol. The zero-order valence-corrected chi connectivity index (χ0v) is 17.0. The molecule has 0 aromatic heterocycles. The van der Waals surface area contributed by atoms with E-state index in [1.54, 1.807) is 11.6 Å². The topological polar surface area (TPSA) is 58.9 Å². The molecule has 6 rings (SSSR count). The molecule has 5 fully saturated rings. The molecule has 28 heavy (non-hydrogen) atoms. The highest BCUT2D eigenvalue weighted by Crippen LogP contribution is 2.76. The molecule has 1 saturated heterocycles. The van der Waals surface area contributed by atoms with Gasteiger partial charge in [-0.3, -0.25) is 0 Å². The van der Waals surface area contributed by atoms with Crippen molar-refractivity contribution in [3.63, 3.8) is 0 Å². The molecule has 0 amide bonds. The van der Waals surface area contributed by atoms with E-state index in [0.29, 0.717) is 29.6 Å². The summed E-state index contributed by atoms with van der Waals surface area (Å²) in [6, 6.07) is 0. The van der Waals surface area contributed by atoms with E-state index in [-0.39, 0.29) is 17.8 Å². The van der Waals surface area contributed by atoms with Gasteiger partial charge in [-0.25, -0.2) is 0 Å². The van der Waals surface area contributed by atoms with Crippen LogP contribution in [0.1, 0.15) is 51.9 Å². The Balaban J connectivity index is 1.30. The normalized spacial score (nSPS) is 53.5. The van der Waals surface area contributed by atoms with Gasteiger partial charge in [-0.1, -0.05) is 30.7 Å². The van der Waals surface area contributed by atoms with Crippen LogP contribution in [0.2, 0.25) is 0 Å². The largest absolute Gasteiger partial charge is 0.392 e. The smallest absolute Gasteiger partial charge is 0.172 e. The minimum absolute atomic E-state index is 0.0204. The van der Waals surface area contributed by atoms with Crippen molar-refractivity contribution in [2.24, 2.45) is 40.9 Å². The SMILES string of the molecule is C[C@]12CC[C@H]3[C@@H](CC=C4CC5(CC[C@@H]43)OCCO5)[C@@H]1[C@H]1C[C@H]1[C@@]2(O)/C=C\CO. The van der Waals surface area contributed by atoms with E-state index in [2.05, 4.69) is 13.0 Å². The van der Waals surface area contributed by atoms with Gasteiger partial charge in [0.25, 0.3) is 0 Å². The highest BCUT2D eigenvalue weighted by atomic mass is 16.7. The summed E-state index contributed by atoms with van der Waals surface area (Å²) in [7, 11) is 0. The summed E-state index contributed by atoms with van der Waals surface area (Å²) in [6.07, 6.45) is 14.1. The molecule has 1 heterocycles. The van der Waals surface area contributed by atoms with Crippen LogP contribution < -0.4 is 0 Å². The van der Waals surface area contributed by atoms with Gasteiger partial charge in [0.15, 0.2) is 5.79 Å². The Morgan fingerprint density at radius 2 is 1.96 bits per heavy atom. The minimum atomic E-state index is -0.720. The number of aliphatic hydroxyl groups is 2. The Kier molecular flexibility index (Phi) is 3.84. The average Bonchev–Trinajstić information content (AvgIpc) is 3.32. The average molecular weight is 387 g/mol. The van der Waals surface area contributed by atoms with Crippen molar-refractivity contribution in [1.82, 2.24) is 0 Å². The molecule has 4 saturated carbocycles. The van der Waals surface area contributed by atoms with Crippen LogP contribution in [0.3, 0.4) is 0 Å². The van der Waals surface area contributed by atoms with Gasteiger partial charge >= 0.3 is 0 Å². The first-order valence-corrected chi connectivity index (χ1v) is 11.5. The molecule has 4 nitrogen and oxygen atoms in total. The van der Waals surface area contributed by atoms with E-state index >= 15 is 0 Å². The molecule has 8 atom stereocenters. The number of aliphatic hydroxyl groups excluding tert-OH is 1. The third-order valence-corrected chi connectivity index (χ3v) is 9.77. The first-order chi connectivity index (χ1) is 13.5. The molecule has 4 heteroatoms. The van der Waals surface area contributed by atoms with E-state index in [1.807, 2.05) is 6.08 Å². The van der Waals surface area contributed by atoms with Crippen LogP contribution in [0.4, 0.5) is 0 Å². The summed E-state index contributed by atoms with van der Waals surface area (Å²) in [6.45, 7) is 3.85. The fraction of sp³-hybridized carbons (Fsp3) is 0.833. The van der Waals surface area contributed by atoms with Gasteiger partial charge in [0.2, 0.25) is 0 Å². The fourth-order valence-corrected chi connectivity index (χ4v) is 8.59. The molecule has 154 valence electrons. The van der Waals surface area contributed by atoms with Crippen molar-refractivity contribution in [2.75, 3.05) is 19.8 Å². The van der Waals surface area contributed by atoms with Crippen molar-refractivity contribution in [2.45, 2.75) is 63.3 Å². The first kappa shape index (κ1) is 18.1. The van der Waals surface area contributed by atoms with Crippen molar-refractivity contribution < 1.29 is 19.7 Å². The third kappa shape index (κ3) is 2.21. The fourth-order valence-electron chi connectivity index (χ4n) is 8.59. The molecule has 2 N–H and O–H groups in total. The second-order valence-electron chi connectivity index (χ2n) is 10.7. The molecule has 6 aliphatic rings. The number of hydrogen-bond donors (Lipinski definition) is 2. The first-order valence-electron chi connectivity index (χ1n) is 11.5. The van der Waals surface area contributed by atoms with Crippen LogP contribution in [0, 0.1) is 40.9 Å². The van der Waals surface area contributed by atoms with Crippen LogP contribution in [-0.2, 0) is 9.47 Å². The van der Waals surface area contributed by atoms with E-state index in [9.17, 15) is 10.2 Å². The Bertz CT molecular complexity index is 722. The highest BCUT2D eigenvalue weighted by molar-refractivity contribution is 5.31. The Hall–Kier alpha value is -0.680. The highest BCUT2D eigenvalue weighted by Gasteiger charge is 2.74. The number of allylic oxidation sites excluding steroid dienone is 1. The Labute approximate surface area is 168 Å². The maximum absolute atomic E-state index is 11.7. The summed E-state index contributed by atoms with van der Waals surface area (Å²) in [5.41, 5.74) is 0.841. The van der Waals surface area contributed by atoms with Crippen LogP contribution in [0.25, 0.3) is 0 Å². The maximum atomic E-state index is 11.7. The second kappa shape index (κ2) is 5.94. The molecule has 1 spiro atoms. The number of hydrogen-bond acceptors (Lipinski definition) is 4. The number of fused-ring (bicyclic) bond motifs is 7. The molecule has 0 bridgehead atoms. The van der Waals surface area contributed by atoms with Crippen molar-refractivity contribution in [3.8, 4) is 0 Å². The van der Waals surface area contributed by atoms with Gasteiger partial charge in [0.1, 0.15) is 0 Å². The zero-order chi connectivity index (χ0) is 19.1. The molecule has 0 aromatic carbocycles. The molecular formula is C24H34O4. The van der Waals surface area contributed by atoms with Gasteiger partial charge in [-0.05, 0) is 67.6 Å². The van der Waals surface area contributed by atoms with Gasteiger partial charge < -0.3 is 19.7 Å².